The molecule has 0 spiro atoms. The minimum Gasteiger partial charge on any atom is -0.497 e. The average Bonchev–Trinajstić information content (AvgIpc) is 2.46. The molecule has 1 aromatic rings. The second-order valence-corrected chi connectivity index (χ2v) is 4.91. The molecule has 0 aromatic heterocycles. The molecule has 0 aliphatic carbocycles. The van der Waals surface area contributed by atoms with E-state index in [4.69, 9.17) is 15.2 Å². The molecule has 0 saturated carbocycles. The van der Waals surface area contributed by atoms with Crippen molar-refractivity contribution in [3.05, 3.63) is 29.6 Å². The smallest absolute Gasteiger partial charge is 0.240 e. The van der Waals surface area contributed by atoms with Crippen LogP contribution in [0.1, 0.15) is 18.4 Å². The van der Waals surface area contributed by atoms with Gasteiger partial charge >= 0.3 is 0 Å². The SMILES string of the molecule is COc1ccc(CNC(=O)C2(N)CCOCC2)c(F)c1. The van der Waals surface area contributed by atoms with Crippen molar-refractivity contribution in [1.82, 2.24) is 5.32 Å². The van der Waals surface area contributed by atoms with E-state index in [2.05, 4.69) is 5.32 Å². The highest BCUT2D eigenvalue weighted by molar-refractivity contribution is 5.86. The average molecular weight is 282 g/mol. The number of methoxy groups -OCH3 is 1. The maximum absolute atomic E-state index is 13.7. The van der Waals surface area contributed by atoms with Crippen molar-refractivity contribution >= 4 is 5.91 Å². The fourth-order valence-electron chi connectivity index (χ4n) is 2.11. The van der Waals surface area contributed by atoms with E-state index in [1.165, 1.54) is 13.2 Å². The Hall–Kier alpha value is -1.66. The Morgan fingerprint density at radius 1 is 1.50 bits per heavy atom. The van der Waals surface area contributed by atoms with Crippen molar-refractivity contribution in [2.45, 2.75) is 24.9 Å². The molecule has 1 aliphatic heterocycles. The lowest BCUT2D eigenvalue weighted by molar-refractivity contribution is -0.129. The predicted octanol–water partition coefficient (Wildman–Crippen LogP) is 0.958. The molecule has 1 amide bonds. The summed E-state index contributed by atoms with van der Waals surface area (Å²) in [6.45, 7) is 1.05. The lowest BCUT2D eigenvalue weighted by Gasteiger charge is -2.31. The number of ether oxygens (including phenoxy) is 2. The van der Waals surface area contributed by atoms with Gasteiger partial charge in [-0.15, -0.1) is 0 Å². The van der Waals surface area contributed by atoms with Gasteiger partial charge in [0.2, 0.25) is 5.91 Å². The van der Waals surface area contributed by atoms with Crippen LogP contribution in [-0.4, -0.2) is 31.8 Å². The Bertz CT molecular complexity index is 487. The molecule has 3 N–H and O–H groups in total. The zero-order valence-electron chi connectivity index (χ0n) is 11.4. The van der Waals surface area contributed by atoms with E-state index < -0.39 is 11.4 Å². The van der Waals surface area contributed by atoms with Crippen LogP contribution in [0.3, 0.4) is 0 Å². The number of amides is 1. The van der Waals surface area contributed by atoms with Crippen LogP contribution in [0.25, 0.3) is 0 Å². The summed E-state index contributed by atoms with van der Waals surface area (Å²) >= 11 is 0. The number of rotatable bonds is 4. The van der Waals surface area contributed by atoms with Crippen molar-refractivity contribution in [3.63, 3.8) is 0 Å². The van der Waals surface area contributed by atoms with Crippen LogP contribution in [0, 0.1) is 5.82 Å². The summed E-state index contributed by atoms with van der Waals surface area (Å²) in [7, 11) is 1.47. The van der Waals surface area contributed by atoms with Crippen LogP contribution in [0.4, 0.5) is 4.39 Å². The van der Waals surface area contributed by atoms with E-state index in [1.54, 1.807) is 12.1 Å². The van der Waals surface area contributed by atoms with Crippen LogP contribution in [0.2, 0.25) is 0 Å². The molecule has 5 nitrogen and oxygen atoms in total. The van der Waals surface area contributed by atoms with Gasteiger partial charge in [0.1, 0.15) is 11.6 Å². The molecule has 1 fully saturated rings. The first kappa shape index (κ1) is 14.7. The molecule has 0 radical (unpaired) electrons. The number of carbonyl (C=O) groups is 1. The van der Waals surface area contributed by atoms with Gasteiger partial charge in [-0.2, -0.15) is 0 Å². The Labute approximate surface area is 117 Å². The molecular formula is C14H19FN2O3. The van der Waals surface area contributed by atoms with E-state index >= 15 is 0 Å². The number of nitrogens with two attached hydrogens (primary N) is 1. The number of hydrogen-bond acceptors (Lipinski definition) is 4. The fourth-order valence-corrected chi connectivity index (χ4v) is 2.11. The topological polar surface area (TPSA) is 73.6 Å². The molecule has 1 aliphatic rings. The third-order valence-corrected chi connectivity index (χ3v) is 3.54. The van der Waals surface area contributed by atoms with Gasteiger partial charge in [-0.3, -0.25) is 4.79 Å². The monoisotopic (exact) mass is 282 g/mol. The molecular weight excluding hydrogens is 263 g/mol. The minimum atomic E-state index is -0.915. The van der Waals surface area contributed by atoms with Crippen molar-refractivity contribution < 1.29 is 18.7 Å². The number of benzene rings is 1. The number of carbonyl (C=O) groups excluding carboxylic acids is 1. The van der Waals surface area contributed by atoms with Crippen LogP contribution in [0.5, 0.6) is 5.75 Å². The Balaban J connectivity index is 1.96. The highest BCUT2D eigenvalue weighted by Gasteiger charge is 2.35. The van der Waals surface area contributed by atoms with Gasteiger partial charge in [-0.1, -0.05) is 6.07 Å². The first-order valence-electron chi connectivity index (χ1n) is 6.52. The van der Waals surface area contributed by atoms with Gasteiger partial charge in [-0.25, -0.2) is 4.39 Å². The van der Waals surface area contributed by atoms with Gasteiger partial charge in [0.15, 0.2) is 0 Å². The molecule has 0 atom stereocenters. The minimum absolute atomic E-state index is 0.106. The Kier molecular flexibility index (Phi) is 4.57. The van der Waals surface area contributed by atoms with Crippen molar-refractivity contribution in [2.24, 2.45) is 5.73 Å². The second-order valence-electron chi connectivity index (χ2n) is 4.91. The van der Waals surface area contributed by atoms with Gasteiger partial charge in [0.05, 0.1) is 12.6 Å². The highest BCUT2D eigenvalue weighted by Crippen LogP contribution is 2.19. The van der Waals surface area contributed by atoms with Crippen molar-refractivity contribution in [3.8, 4) is 5.75 Å². The van der Waals surface area contributed by atoms with Crippen molar-refractivity contribution in [1.29, 1.82) is 0 Å². The lowest BCUT2D eigenvalue weighted by atomic mass is 9.90. The highest BCUT2D eigenvalue weighted by atomic mass is 19.1. The molecule has 110 valence electrons. The molecule has 1 heterocycles. The summed E-state index contributed by atoms with van der Waals surface area (Å²) in [5.41, 5.74) is 5.53. The largest absolute Gasteiger partial charge is 0.497 e. The van der Waals surface area contributed by atoms with Gasteiger partial charge in [-0.05, 0) is 18.9 Å². The van der Waals surface area contributed by atoms with Crippen LogP contribution in [0.15, 0.2) is 18.2 Å². The van der Waals surface area contributed by atoms with Crippen LogP contribution in [-0.2, 0) is 16.1 Å². The summed E-state index contributed by atoms with van der Waals surface area (Å²) in [6.07, 6.45) is 0.952. The molecule has 1 saturated heterocycles. The summed E-state index contributed by atoms with van der Waals surface area (Å²) in [6, 6.07) is 4.52. The summed E-state index contributed by atoms with van der Waals surface area (Å²) in [5, 5.41) is 2.69. The number of hydrogen-bond donors (Lipinski definition) is 2. The molecule has 0 bridgehead atoms. The molecule has 0 unspecified atom stereocenters. The van der Waals surface area contributed by atoms with Gasteiger partial charge in [0, 0.05) is 31.4 Å². The summed E-state index contributed by atoms with van der Waals surface area (Å²) in [4.78, 5) is 12.1. The van der Waals surface area contributed by atoms with E-state index in [0.29, 0.717) is 37.4 Å². The third-order valence-electron chi connectivity index (χ3n) is 3.54. The van der Waals surface area contributed by atoms with Crippen molar-refractivity contribution in [2.75, 3.05) is 20.3 Å². The standard InChI is InChI=1S/C14H19FN2O3/c1-19-11-3-2-10(12(15)8-11)9-17-13(18)14(16)4-6-20-7-5-14/h2-3,8H,4-7,9,16H2,1H3,(H,17,18). The lowest BCUT2D eigenvalue weighted by Crippen LogP contribution is -2.56. The molecule has 2 rings (SSSR count). The van der Waals surface area contributed by atoms with Gasteiger partial charge in [0.25, 0.3) is 0 Å². The fraction of sp³-hybridized carbons (Fsp3) is 0.500. The first-order valence-corrected chi connectivity index (χ1v) is 6.52. The maximum Gasteiger partial charge on any atom is 0.240 e. The summed E-state index contributed by atoms with van der Waals surface area (Å²) < 4.78 is 23.9. The third kappa shape index (κ3) is 3.26. The molecule has 1 aromatic carbocycles. The van der Waals surface area contributed by atoms with E-state index in [9.17, 15) is 9.18 Å². The number of nitrogens with one attached hydrogen (secondary N) is 1. The van der Waals surface area contributed by atoms with E-state index in [-0.39, 0.29) is 12.5 Å². The molecule has 6 heteroatoms. The zero-order chi connectivity index (χ0) is 14.6. The van der Waals surface area contributed by atoms with Crippen LogP contribution >= 0.6 is 0 Å². The Morgan fingerprint density at radius 3 is 2.80 bits per heavy atom. The van der Waals surface area contributed by atoms with E-state index in [0.717, 1.165) is 0 Å². The van der Waals surface area contributed by atoms with Crippen LogP contribution < -0.4 is 15.8 Å². The first-order chi connectivity index (χ1) is 9.55. The maximum atomic E-state index is 13.7. The number of halogens is 1. The molecule has 20 heavy (non-hydrogen) atoms. The second kappa shape index (κ2) is 6.19. The Morgan fingerprint density at radius 2 is 2.20 bits per heavy atom. The normalized spacial score (nSPS) is 17.6. The quantitative estimate of drug-likeness (QED) is 0.862. The van der Waals surface area contributed by atoms with Gasteiger partial charge < -0.3 is 20.5 Å². The zero-order valence-corrected chi connectivity index (χ0v) is 11.4. The van der Waals surface area contributed by atoms with E-state index in [1.807, 2.05) is 0 Å². The predicted molar refractivity (Wildman–Crippen MR) is 71.8 cm³/mol. The summed E-state index contributed by atoms with van der Waals surface area (Å²) in [5.74, 6) is -0.240.